The zero-order valence-electron chi connectivity index (χ0n) is 5.28. The van der Waals surface area contributed by atoms with Gasteiger partial charge in [0.1, 0.15) is 0 Å². The number of likely N-dealkylation sites (N-methyl/N-ethyl adjacent to an activating group) is 1. The Morgan fingerprint density at radius 3 is 2.33 bits per heavy atom. The molecular weight excluding hydrogens is 142 g/mol. The fourth-order valence-electron chi connectivity index (χ4n) is 0.458. The molecule has 0 rings (SSSR count). The highest BCUT2D eigenvalue weighted by Crippen LogP contribution is 1.88. The standard InChI is InChI=1S/C4H11NO3S/c1-2-5(3-4-6)9(7)8/h6H,2-4H2,1H3,(H,7,8). The molecular formula is C4H11NO3S. The van der Waals surface area contributed by atoms with E-state index in [2.05, 4.69) is 0 Å². The lowest BCUT2D eigenvalue weighted by molar-refractivity contribution is 0.255. The molecule has 9 heavy (non-hydrogen) atoms. The van der Waals surface area contributed by atoms with Gasteiger partial charge in [-0.1, -0.05) is 6.92 Å². The van der Waals surface area contributed by atoms with Crippen molar-refractivity contribution >= 4 is 11.3 Å². The van der Waals surface area contributed by atoms with Crippen molar-refractivity contribution in [3.8, 4) is 0 Å². The van der Waals surface area contributed by atoms with Gasteiger partial charge < -0.3 is 5.11 Å². The van der Waals surface area contributed by atoms with Crippen LogP contribution >= 0.6 is 0 Å². The average Bonchev–Trinajstić information content (AvgIpc) is 1.82. The van der Waals surface area contributed by atoms with Crippen molar-refractivity contribution < 1.29 is 13.9 Å². The van der Waals surface area contributed by atoms with Gasteiger partial charge in [0.15, 0.2) is 0 Å². The van der Waals surface area contributed by atoms with Gasteiger partial charge in [-0.05, 0) is 0 Å². The summed E-state index contributed by atoms with van der Waals surface area (Å²) in [4.78, 5) is 0. The summed E-state index contributed by atoms with van der Waals surface area (Å²) in [7, 11) is 0. The van der Waals surface area contributed by atoms with Gasteiger partial charge in [-0.15, -0.1) is 0 Å². The Morgan fingerprint density at radius 1 is 1.67 bits per heavy atom. The summed E-state index contributed by atoms with van der Waals surface area (Å²) in [6, 6.07) is 0. The van der Waals surface area contributed by atoms with Gasteiger partial charge in [0.2, 0.25) is 11.3 Å². The first-order valence-corrected chi connectivity index (χ1v) is 3.75. The van der Waals surface area contributed by atoms with Crippen molar-refractivity contribution in [2.75, 3.05) is 19.7 Å². The van der Waals surface area contributed by atoms with Crippen LogP contribution in [0.2, 0.25) is 0 Å². The quantitative estimate of drug-likeness (QED) is 0.532. The van der Waals surface area contributed by atoms with Crippen molar-refractivity contribution in [1.82, 2.24) is 4.31 Å². The van der Waals surface area contributed by atoms with E-state index in [1.807, 2.05) is 0 Å². The second-order valence-electron chi connectivity index (χ2n) is 1.48. The van der Waals surface area contributed by atoms with Crippen LogP contribution < -0.4 is 0 Å². The first kappa shape index (κ1) is 9.03. The Kier molecular flexibility index (Phi) is 4.88. The highest BCUT2D eigenvalue weighted by Gasteiger charge is 2.04. The van der Waals surface area contributed by atoms with Gasteiger partial charge in [-0.3, -0.25) is 4.55 Å². The number of nitrogens with zero attached hydrogens (tertiary/aromatic N) is 1. The monoisotopic (exact) mass is 153 g/mol. The van der Waals surface area contributed by atoms with Crippen molar-refractivity contribution in [1.29, 1.82) is 0 Å². The minimum Gasteiger partial charge on any atom is -0.395 e. The summed E-state index contributed by atoms with van der Waals surface area (Å²) in [6.45, 7) is 2.40. The van der Waals surface area contributed by atoms with Crippen LogP contribution in [0, 0.1) is 0 Å². The Morgan fingerprint density at radius 2 is 2.22 bits per heavy atom. The van der Waals surface area contributed by atoms with Crippen LogP contribution in [0.1, 0.15) is 6.92 Å². The lowest BCUT2D eigenvalue weighted by Gasteiger charge is -2.11. The molecule has 0 amide bonds. The fourth-order valence-corrected chi connectivity index (χ4v) is 0.917. The summed E-state index contributed by atoms with van der Waals surface area (Å²) >= 11 is -1.93. The van der Waals surface area contributed by atoms with Gasteiger partial charge in [0, 0.05) is 13.1 Å². The highest BCUT2D eigenvalue weighted by atomic mass is 32.2. The minimum absolute atomic E-state index is 0.0832. The molecule has 0 radical (unpaired) electrons. The van der Waals surface area contributed by atoms with E-state index in [1.165, 1.54) is 4.31 Å². The Balaban J connectivity index is 3.54. The van der Waals surface area contributed by atoms with Crippen LogP contribution in [-0.2, 0) is 11.3 Å². The van der Waals surface area contributed by atoms with Gasteiger partial charge in [0.25, 0.3) is 0 Å². The molecule has 0 aliphatic carbocycles. The van der Waals surface area contributed by atoms with E-state index < -0.39 is 11.3 Å². The normalized spacial score (nSPS) is 14.2. The molecule has 5 heteroatoms. The summed E-state index contributed by atoms with van der Waals surface area (Å²) < 4.78 is 19.9. The molecule has 0 aliphatic rings. The minimum atomic E-state index is -1.93. The summed E-state index contributed by atoms with van der Waals surface area (Å²) in [5.41, 5.74) is 0. The Hall–Kier alpha value is 0.0300. The van der Waals surface area contributed by atoms with Gasteiger partial charge in [-0.25, -0.2) is 4.21 Å². The topological polar surface area (TPSA) is 60.8 Å². The molecule has 2 N–H and O–H groups in total. The van der Waals surface area contributed by atoms with Crippen LogP contribution in [-0.4, -0.2) is 37.9 Å². The first-order valence-electron chi connectivity index (χ1n) is 2.69. The lowest BCUT2D eigenvalue weighted by Crippen LogP contribution is -2.28. The largest absolute Gasteiger partial charge is 0.395 e. The molecule has 0 aromatic rings. The maximum Gasteiger partial charge on any atom is 0.234 e. The van der Waals surface area contributed by atoms with E-state index in [9.17, 15) is 4.21 Å². The fraction of sp³-hybridized carbons (Fsp3) is 1.00. The molecule has 0 spiro atoms. The molecule has 0 fully saturated rings. The molecule has 1 unspecified atom stereocenters. The SMILES string of the molecule is CCN(CCO)S(=O)O. The summed E-state index contributed by atoms with van der Waals surface area (Å²) in [6.07, 6.45) is 0. The number of aliphatic hydroxyl groups is 1. The van der Waals surface area contributed by atoms with Crippen LogP contribution in [0.3, 0.4) is 0 Å². The van der Waals surface area contributed by atoms with Gasteiger partial charge in [-0.2, -0.15) is 4.31 Å². The molecule has 0 heterocycles. The van der Waals surface area contributed by atoms with Crippen LogP contribution in [0.25, 0.3) is 0 Å². The van der Waals surface area contributed by atoms with E-state index in [0.29, 0.717) is 6.54 Å². The van der Waals surface area contributed by atoms with E-state index in [4.69, 9.17) is 9.66 Å². The molecule has 0 aromatic heterocycles. The molecule has 0 saturated heterocycles. The van der Waals surface area contributed by atoms with Crippen molar-refractivity contribution in [3.05, 3.63) is 0 Å². The Labute approximate surface area is 56.9 Å². The molecule has 0 aliphatic heterocycles. The van der Waals surface area contributed by atoms with Crippen LogP contribution in [0.4, 0.5) is 0 Å². The molecule has 4 nitrogen and oxygen atoms in total. The summed E-state index contributed by atoms with van der Waals surface area (Å²) in [5.74, 6) is 0. The summed E-state index contributed by atoms with van der Waals surface area (Å²) in [5, 5.41) is 8.33. The molecule has 56 valence electrons. The number of hydrogen-bond acceptors (Lipinski definition) is 2. The first-order chi connectivity index (χ1) is 4.22. The zero-order chi connectivity index (χ0) is 7.28. The van der Waals surface area contributed by atoms with Crippen LogP contribution in [0.5, 0.6) is 0 Å². The van der Waals surface area contributed by atoms with Crippen molar-refractivity contribution in [2.45, 2.75) is 6.92 Å². The number of rotatable bonds is 4. The molecule has 0 saturated carbocycles. The van der Waals surface area contributed by atoms with Gasteiger partial charge in [0.05, 0.1) is 6.61 Å². The van der Waals surface area contributed by atoms with Crippen LogP contribution in [0.15, 0.2) is 0 Å². The number of aliphatic hydroxyl groups excluding tert-OH is 1. The second-order valence-corrected chi connectivity index (χ2v) is 2.45. The van der Waals surface area contributed by atoms with Gasteiger partial charge >= 0.3 is 0 Å². The predicted molar refractivity (Wildman–Crippen MR) is 35.1 cm³/mol. The molecule has 1 atom stereocenters. The third kappa shape index (κ3) is 3.58. The third-order valence-electron chi connectivity index (χ3n) is 0.923. The second kappa shape index (κ2) is 4.87. The molecule has 0 aromatic carbocycles. The zero-order valence-corrected chi connectivity index (χ0v) is 6.10. The smallest absolute Gasteiger partial charge is 0.234 e. The maximum absolute atomic E-state index is 10.2. The lowest BCUT2D eigenvalue weighted by atomic mass is 10.6. The van der Waals surface area contributed by atoms with E-state index in [0.717, 1.165) is 0 Å². The Bertz CT molecular complexity index is 97.8. The maximum atomic E-state index is 10.2. The highest BCUT2D eigenvalue weighted by molar-refractivity contribution is 7.76. The number of hydrogen-bond donors (Lipinski definition) is 2. The van der Waals surface area contributed by atoms with E-state index >= 15 is 0 Å². The van der Waals surface area contributed by atoms with E-state index in [-0.39, 0.29) is 13.2 Å². The third-order valence-corrected chi connectivity index (χ3v) is 1.81. The average molecular weight is 153 g/mol. The van der Waals surface area contributed by atoms with Crippen molar-refractivity contribution in [3.63, 3.8) is 0 Å². The van der Waals surface area contributed by atoms with Crippen molar-refractivity contribution in [2.24, 2.45) is 0 Å². The predicted octanol–water partition coefficient (Wildman–Crippen LogP) is -0.563. The molecule has 0 bridgehead atoms. The van der Waals surface area contributed by atoms with E-state index in [1.54, 1.807) is 6.92 Å².